The minimum absolute atomic E-state index is 0.0697. The molecule has 2 aromatic rings. The van der Waals surface area contributed by atoms with Crippen LogP contribution in [0.2, 0.25) is 0 Å². The molecule has 0 radical (unpaired) electrons. The molecular weight excluding hydrogens is 340 g/mol. The molecule has 8 heteroatoms. The number of aromatic nitrogens is 1. The van der Waals surface area contributed by atoms with Crippen molar-refractivity contribution in [3.05, 3.63) is 46.5 Å². The molecule has 1 aromatic carbocycles. The van der Waals surface area contributed by atoms with Crippen molar-refractivity contribution >= 4 is 34.3 Å². The molecule has 3 rings (SSSR count). The van der Waals surface area contributed by atoms with Crippen molar-refractivity contribution in [2.45, 2.75) is 32.2 Å². The molecule has 1 aromatic heterocycles. The van der Waals surface area contributed by atoms with Crippen LogP contribution in [0.25, 0.3) is 0 Å². The van der Waals surface area contributed by atoms with E-state index in [1.165, 1.54) is 11.3 Å². The maximum absolute atomic E-state index is 12.4. The van der Waals surface area contributed by atoms with Crippen LogP contribution in [0.4, 0.5) is 9.93 Å². The Balaban J connectivity index is 1.74. The minimum atomic E-state index is -1.23. The van der Waals surface area contributed by atoms with Crippen molar-refractivity contribution in [2.24, 2.45) is 0 Å². The van der Waals surface area contributed by atoms with E-state index in [0.717, 1.165) is 10.6 Å². The first-order valence-electron chi connectivity index (χ1n) is 7.84. The van der Waals surface area contributed by atoms with E-state index in [1.54, 1.807) is 24.3 Å². The Bertz CT molecular complexity index is 814. The molecule has 1 aliphatic rings. The van der Waals surface area contributed by atoms with Gasteiger partial charge in [0.2, 0.25) is 5.91 Å². The summed E-state index contributed by atoms with van der Waals surface area (Å²) in [5.41, 5.74) is 0.292. The number of aryl methyl sites for hydroxylation is 2. The number of amides is 4. The zero-order valence-corrected chi connectivity index (χ0v) is 14.7. The second kappa shape index (κ2) is 6.64. The molecule has 0 aliphatic carbocycles. The SMILES string of the molecule is Cc1nc(NC(=O)CCC2(c3ccccc3)NC(=O)NC2=O)sc1C. The molecule has 1 aliphatic heterocycles. The van der Waals surface area contributed by atoms with E-state index in [2.05, 4.69) is 20.9 Å². The van der Waals surface area contributed by atoms with Crippen LogP contribution in [0.1, 0.15) is 29.0 Å². The third-order valence-electron chi connectivity index (χ3n) is 4.21. The average molecular weight is 358 g/mol. The van der Waals surface area contributed by atoms with E-state index in [1.807, 2.05) is 19.9 Å². The third-order valence-corrected chi connectivity index (χ3v) is 5.20. The maximum atomic E-state index is 12.4. The van der Waals surface area contributed by atoms with E-state index < -0.39 is 17.5 Å². The first-order chi connectivity index (χ1) is 11.9. The van der Waals surface area contributed by atoms with Gasteiger partial charge < -0.3 is 10.6 Å². The van der Waals surface area contributed by atoms with Crippen LogP contribution in [-0.2, 0) is 15.1 Å². The number of urea groups is 1. The Morgan fingerprint density at radius 2 is 1.96 bits per heavy atom. The summed E-state index contributed by atoms with van der Waals surface area (Å²) in [6.45, 7) is 3.82. The molecule has 0 bridgehead atoms. The van der Waals surface area contributed by atoms with Crippen LogP contribution < -0.4 is 16.0 Å². The molecule has 1 saturated heterocycles. The lowest BCUT2D eigenvalue weighted by Crippen LogP contribution is -2.44. The smallest absolute Gasteiger partial charge is 0.319 e. The van der Waals surface area contributed by atoms with Crippen molar-refractivity contribution in [2.75, 3.05) is 5.32 Å². The lowest BCUT2D eigenvalue weighted by Gasteiger charge is -2.26. The van der Waals surface area contributed by atoms with Crippen LogP contribution in [0.5, 0.6) is 0 Å². The van der Waals surface area contributed by atoms with Crippen molar-refractivity contribution in [3.8, 4) is 0 Å². The van der Waals surface area contributed by atoms with Gasteiger partial charge in [-0.1, -0.05) is 30.3 Å². The first kappa shape index (κ1) is 17.1. The highest BCUT2D eigenvalue weighted by Crippen LogP contribution is 2.30. The Labute approximate surface area is 148 Å². The zero-order valence-electron chi connectivity index (χ0n) is 13.9. The van der Waals surface area contributed by atoms with Crippen molar-refractivity contribution < 1.29 is 14.4 Å². The monoisotopic (exact) mass is 358 g/mol. The van der Waals surface area contributed by atoms with Gasteiger partial charge >= 0.3 is 6.03 Å². The van der Waals surface area contributed by atoms with Gasteiger partial charge in [0, 0.05) is 11.3 Å². The quantitative estimate of drug-likeness (QED) is 0.714. The van der Waals surface area contributed by atoms with E-state index >= 15 is 0 Å². The summed E-state index contributed by atoms with van der Waals surface area (Å²) in [7, 11) is 0. The van der Waals surface area contributed by atoms with Crippen LogP contribution in [0, 0.1) is 13.8 Å². The first-order valence-corrected chi connectivity index (χ1v) is 8.65. The highest BCUT2D eigenvalue weighted by atomic mass is 32.1. The second-order valence-corrected chi connectivity index (χ2v) is 7.09. The molecule has 1 fully saturated rings. The largest absolute Gasteiger partial charge is 0.322 e. The minimum Gasteiger partial charge on any atom is -0.319 e. The summed E-state index contributed by atoms with van der Waals surface area (Å²) >= 11 is 1.41. The van der Waals surface area contributed by atoms with Crippen molar-refractivity contribution in [1.29, 1.82) is 0 Å². The molecule has 4 amide bonds. The number of imide groups is 1. The lowest BCUT2D eigenvalue weighted by atomic mass is 9.85. The van der Waals surface area contributed by atoms with Gasteiger partial charge in [-0.05, 0) is 25.8 Å². The van der Waals surface area contributed by atoms with Gasteiger partial charge in [-0.25, -0.2) is 9.78 Å². The number of nitrogens with zero attached hydrogens (tertiary/aromatic N) is 1. The molecule has 3 N–H and O–H groups in total. The van der Waals surface area contributed by atoms with Gasteiger partial charge in [-0.3, -0.25) is 14.9 Å². The number of anilines is 1. The third kappa shape index (κ3) is 3.39. The predicted molar refractivity (Wildman–Crippen MR) is 94.2 cm³/mol. The predicted octanol–water partition coefficient (Wildman–Crippen LogP) is 2.21. The molecule has 1 unspecified atom stereocenters. The van der Waals surface area contributed by atoms with E-state index in [0.29, 0.717) is 10.7 Å². The molecular formula is C17H18N4O3S. The van der Waals surface area contributed by atoms with E-state index in [-0.39, 0.29) is 18.7 Å². The molecule has 0 saturated carbocycles. The van der Waals surface area contributed by atoms with Gasteiger partial charge in [0.15, 0.2) is 5.13 Å². The zero-order chi connectivity index (χ0) is 18.0. The van der Waals surface area contributed by atoms with E-state index in [4.69, 9.17) is 0 Å². The topological polar surface area (TPSA) is 100 Å². The Morgan fingerprint density at radius 3 is 2.52 bits per heavy atom. The summed E-state index contributed by atoms with van der Waals surface area (Å²) in [6, 6.07) is 8.37. The van der Waals surface area contributed by atoms with E-state index in [9.17, 15) is 14.4 Å². The maximum Gasteiger partial charge on any atom is 0.322 e. The number of rotatable bonds is 5. The lowest BCUT2D eigenvalue weighted by molar-refractivity contribution is -0.125. The summed E-state index contributed by atoms with van der Waals surface area (Å²) in [6.07, 6.45) is 0.226. The standard InChI is InChI=1S/C17H18N4O3S/c1-10-11(2)25-16(18-10)19-13(22)8-9-17(12-6-4-3-5-7-12)14(23)20-15(24)21-17/h3-7H,8-9H2,1-2H3,(H,18,19,22)(H2,20,21,23,24). The average Bonchev–Trinajstić information content (AvgIpc) is 3.05. The number of carbonyl (C=O) groups is 3. The van der Waals surface area contributed by atoms with Gasteiger partial charge in [-0.2, -0.15) is 0 Å². The van der Waals surface area contributed by atoms with Crippen LogP contribution in [0.3, 0.4) is 0 Å². The molecule has 25 heavy (non-hydrogen) atoms. The molecule has 7 nitrogen and oxygen atoms in total. The van der Waals surface area contributed by atoms with Gasteiger partial charge in [-0.15, -0.1) is 11.3 Å². The fourth-order valence-corrected chi connectivity index (χ4v) is 3.58. The Kier molecular flexibility index (Phi) is 4.54. The van der Waals surface area contributed by atoms with Crippen LogP contribution >= 0.6 is 11.3 Å². The number of nitrogens with one attached hydrogen (secondary N) is 3. The van der Waals surface area contributed by atoms with Crippen molar-refractivity contribution in [1.82, 2.24) is 15.6 Å². The Morgan fingerprint density at radius 1 is 1.24 bits per heavy atom. The summed E-state index contributed by atoms with van der Waals surface area (Å²) in [5.74, 6) is -0.699. The normalized spacial score (nSPS) is 19.4. The van der Waals surface area contributed by atoms with Gasteiger partial charge in [0.25, 0.3) is 5.91 Å². The Hall–Kier alpha value is -2.74. The summed E-state index contributed by atoms with van der Waals surface area (Å²) < 4.78 is 0. The fourth-order valence-electron chi connectivity index (χ4n) is 2.75. The highest BCUT2D eigenvalue weighted by Gasteiger charge is 2.47. The number of thiazole rings is 1. The number of hydrogen-bond donors (Lipinski definition) is 3. The number of hydrogen-bond acceptors (Lipinski definition) is 5. The van der Waals surface area contributed by atoms with Crippen molar-refractivity contribution in [3.63, 3.8) is 0 Å². The van der Waals surface area contributed by atoms with Gasteiger partial charge in [0.1, 0.15) is 5.54 Å². The molecule has 0 spiro atoms. The number of carbonyl (C=O) groups excluding carboxylic acids is 3. The van der Waals surface area contributed by atoms with Gasteiger partial charge in [0.05, 0.1) is 5.69 Å². The highest BCUT2D eigenvalue weighted by molar-refractivity contribution is 7.15. The number of benzene rings is 1. The second-order valence-electron chi connectivity index (χ2n) is 5.89. The fraction of sp³-hybridized carbons (Fsp3) is 0.294. The molecule has 130 valence electrons. The molecule has 2 heterocycles. The summed E-state index contributed by atoms with van der Waals surface area (Å²) in [4.78, 5) is 41.6. The van der Waals surface area contributed by atoms with Crippen LogP contribution in [0.15, 0.2) is 30.3 Å². The molecule has 1 atom stereocenters. The summed E-state index contributed by atoms with van der Waals surface area (Å²) in [5, 5.41) is 8.21. The van der Waals surface area contributed by atoms with Crippen LogP contribution in [-0.4, -0.2) is 22.8 Å².